The van der Waals surface area contributed by atoms with Crippen molar-refractivity contribution in [2.75, 3.05) is 42.1 Å². The molecule has 0 radical (unpaired) electrons. The van der Waals surface area contributed by atoms with Gasteiger partial charge in [-0.05, 0) is 62.3 Å². The number of hydrogen-bond donors (Lipinski definition) is 1. The molecule has 0 saturated carbocycles. The smallest absolute Gasteiger partial charge is 0.410 e. The van der Waals surface area contributed by atoms with E-state index in [0.717, 1.165) is 35.1 Å². The zero-order chi connectivity index (χ0) is 25.9. The van der Waals surface area contributed by atoms with Gasteiger partial charge in [0, 0.05) is 43.4 Å². The summed E-state index contributed by atoms with van der Waals surface area (Å²) in [6.07, 6.45) is 3.82. The Morgan fingerprint density at radius 2 is 1.89 bits per heavy atom. The van der Waals surface area contributed by atoms with Gasteiger partial charge in [-0.15, -0.1) is 0 Å². The van der Waals surface area contributed by atoms with Crippen molar-refractivity contribution < 1.29 is 13.7 Å². The fraction of sp³-hybridized carbons (Fsp3) is 0.519. The summed E-state index contributed by atoms with van der Waals surface area (Å²) in [5.74, 6) is 2.93. The Kier molecular flexibility index (Phi) is 6.18. The third-order valence-corrected chi connectivity index (χ3v) is 9.15. The van der Waals surface area contributed by atoms with E-state index in [-0.39, 0.29) is 12.1 Å². The number of rotatable bonds is 4. The molecule has 8 nitrogen and oxygen atoms in total. The first-order chi connectivity index (χ1) is 17.6. The zero-order valence-corrected chi connectivity index (χ0v) is 22.9. The summed E-state index contributed by atoms with van der Waals surface area (Å²) < 4.78 is 18.2. The van der Waals surface area contributed by atoms with Gasteiger partial charge in [0.1, 0.15) is 16.3 Å². The van der Waals surface area contributed by atoms with Crippen molar-refractivity contribution in [1.29, 1.82) is 0 Å². The van der Waals surface area contributed by atoms with Crippen LogP contribution in [0, 0.1) is 11.8 Å². The number of carbonyl (C=O) groups excluding carboxylic acids is 1. The van der Waals surface area contributed by atoms with E-state index in [1.54, 1.807) is 4.90 Å². The number of anilines is 2. The standard InChI is InChI=1S/C27H32ClN5O3S/c1-27(2,3)36-26(34)33-14-21(15-33)29-24-23-22(8-9-37(23)35)30-25(31-24)32-12-18-10-17(11-19(18)13-32)16-4-6-20(28)7-5-16/h4-7,10,18-19,21H,8-9,11-15H2,1-3H3,(H,29,30,31)/t18?,19?,37-/m0/s1. The maximum atomic E-state index is 12.8. The molecule has 4 aliphatic rings. The number of benzene rings is 1. The van der Waals surface area contributed by atoms with Crippen molar-refractivity contribution in [3.05, 3.63) is 46.6 Å². The number of hydrogen-bond acceptors (Lipinski definition) is 7. The Hall–Kier alpha value is -2.65. The second kappa shape index (κ2) is 9.27. The highest BCUT2D eigenvalue weighted by Gasteiger charge is 2.39. The minimum atomic E-state index is -1.11. The number of carbonyl (C=O) groups is 1. The van der Waals surface area contributed by atoms with Crippen molar-refractivity contribution in [1.82, 2.24) is 14.9 Å². The van der Waals surface area contributed by atoms with Gasteiger partial charge in [0.25, 0.3) is 0 Å². The summed E-state index contributed by atoms with van der Waals surface area (Å²) in [6, 6.07) is 8.13. The molecule has 2 aromatic rings. The molecule has 2 fully saturated rings. The molecule has 2 unspecified atom stereocenters. The van der Waals surface area contributed by atoms with Gasteiger partial charge >= 0.3 is 6.09 Å². The zero-order valence-electron chi connectivity index (χ0n) is 21.4. The van der Waals surface area contributed by atoms with Crippen LogP contribution in [-0.2, 0) is 22.0 Å². The van der Waals surface area contributed by atoms with E-state index in [1.807, 2.05) is 32.9 Å². The highest BCUT2D eigenvalue weighted by Crippen LogP contribution is 2.42. The highest BCUT2D eigenvalue weighted by molar-refractivity contribution is 7.85. The molecule has 1 aromatic heterocycles. The van der Waals surface area contributed by atoms with Gasteiger partial charge in [0.05, 0.1) is 22.5 Å². The number of nitrogens with one attached hydrogen (secondary N) is 1. The summed E-state index contributed by atoms with van der Waals surface area (Å²) in [5.41, 5.74) is 2.99. The fourth-order valence-corrected chi connectivity index (χ4v) is 7.05. The Morgan fingerprint density at radius 1 is 1.14 bits per heavy atom. The van der Waals surface area contributed by atoms with Gasteiger partial charge < -0.3 is 19.9 Å². The minimum Gasteiger partial charge on any atom is -0.444 e. The van der Waals surface area contributed by atoms with E-state index >= 15 is 0 Å². The van der Waals surface area contributed by atoms with Gasteiger partial charge in [0.2, 0.25) is 5.95 Å². The number of allylic oxidation sites excluding steroid dienone is 1. The average molecular weight is 542 g/mol. The fourth-order valence-electron chi connectivity index (χ4n) is 5.61. The lowest BCUT2D eigenvalue weighted by Crippen LogP contribution is -2.58. The summed E-state index contributed by atoms with van der Waals surface area (Å²) in [5, 5.41) is 4.22. The van der Waals surface area contributed by atoms with Gasteiger partial charge in [0.15, 0.2) is 0 Å². The number of aryl methyl sites for hydroxylation is 1. The molecule has 1 N–H and O–H groups in total. The van der Waals surface area contributed by atoms with Crippen LogP contribution in [0.5, 0.6) is 0 Å². The normalized spacial score (nSPS) is 25.0. The van der Waals surface area contributed by atoms with Crippen molar-refractivity contribution in [3.8, 4) is 0 Å². The average Bonchev–Trinajstić information content (AvgIpc) is 3.48. The molecule has 4 heterocycles. The van der Waals surface area contributed by atoms with Crippen LogP contribution in [0.25, 0.3) is 5.57 Å². The topological polar surface area (TPSA) is 87.7 Å². The quantitative estimate of drug-likeness (QED) is 0.615. The Bertz CT molecular complexity index is 1290. The molecule has 3 aliphatic heterocycles. The summed E-state index contributed by atoms with van der Waals surface area (Å²) in [7, 11) is -1.11. The predicted molar refractivity (Wildman–Crippen MR) is 145 cm³/mol. The minimum absolute atomic E-state index is 0.0415. The molecule has 1 aliphatic carbocycles. The van der Waals surface area contributed by atoms with Gasteiger partial charge in [-0.3, -0.25) is 4.21 Å². The SMILES string of the molecule is CC(C)(C)OC(=O)N1CC(Nc2nc(N3CC4C=C(c5ccc(Cl)cc5)CC4C3)nc3c2[S@@](=O)CC3)C1. The Morgan fingerprint density at radius 3 is 2.59 bits per heavy atom. The van der Waals surface area contributed by atoms with E-state index in [1.165, 1.54) is 11.1 Å². The molecule has 0 spiro atoms. The molecule has 37 heavy (non-hydrogen) atoms. The molecule has 3 atom stereocenters. The molecule has 10 heteroatoms. The highest BCUT2D eigenvalue weighted by atomic mass is 35.5. The lowest BCUT2D eigenvalue weighted by Gasteiger charge is -2.40. The first kappa shape index (κ1) is 24.7. The molecule has 6 rings (SSSR count). The van der Waals surface area contributed by atoms with E-state index in [2.05, 4.69) is 28.4 Å². The molecule has 196 valence electrons. The van der Waals surface area contributed by atoms with Crippen molar-refractivity contribution in [3.63, 3.8) is 0 Å². The van der Waals surface area contributed by atoms with Crippen LogP contribution < -0.4 is 10.2 Å². The van der Waals surface area contributed by atoms with Crippen LogP contribution >= 0.6 is 11.6 Å². The molecule has 2 saturated heterocycles. The van der Waals surface area contributed by atoms with Crippen molar-refractivity contribution in [2.24, 2.45) is 11.8 Å². The van der Waals surface area contributed by atoms with Crippen LogP contribution in [0.4, 0.5) is 16.6 Å². The largest absolute Gasteiger partial charge is 0.444 e. The number of aromatic nitrogens is 2. The Balaban J connectivity index is 1.16. The first-order valence-corrected chi connectivity index (χ1v) is 14.6. The van der Waals surface area contributed by atoms with Crippen molar-refractivity contribution >= 4 is 45.8 Å². The monoisotopic (exact) mass is 541 g/mol. The van der Waals surface area contributed by atoms with E-state index in [9.17, 15) is 9.00 Å². The summed E-state index contributed by atoms with van der Waals surface area (Å²) in [6.45, 7) is 8.42. The van der Waals surface area contributed by atoms with E-state index in [4.69, 9.17) is 26.3 Å². The van der Waals surface area contributed by atoms with Crippen molar-refractivity contribution in [2.45, 2.75) is 50.2 Å². The molecule has 1 aromatic carbocycles. The second-order valence-electron chi connectivity index (χ2n) is 11.4. The predicted octanol–water partition coefficient (Wildman–Crippen LogP) is 4.36. The van der Waals surface area contributed by atoms with Gasteiger partial charge in [-0.2, -0.15) is 4.98 Å². The van der Waals surface area contributed by atoms with Crippen LogP contribution in [-0.4, -0.2) is 68.7 Å². The summed E-state index contributed by atoms with van der Waals surface area (Å²) >= 11 is 6.06. The van der Waals surface area contributed by atoms with Crippen LogP contribution in [0.15, 0.2) is 35.2 Å². The third-order valence-electron chi connectivity index (χ3n) is 7.44. The molecular formula is C27H32ClN5O3S. The number of likely N-dealkylation sites (tertiary alicyclic amines) is 1. The first-order valence-electron chi connectivity index (χ1n) is 12.9. The number of ether oxygens (including phenoxy) is 1. The molecular weight excluding hydrogens is 510 g/mol. The Labute approximate surface area is 224 Å². The lowest BCUT2D eigenvalue weighted by atomic mass is 9.98. The second-order valence-corrected chi connectivity index (χ2v) is 13.4. The van der Waals surface area contributed by atoms with Gasteiger partial charge in [-0.25, -0.2) is 9.78 Å². The van der Waals surface area contributed by atoms with Crippen LogP contribution in [0.2, 0.25) is 5.02 Å². The number of fused-ring (bicyclic) bond motifs is 2. The van der Waals surface area contributed by atoms with Crippen LogP contribution in [0.3, 0.4) is 0 Å². The number of nitrogens with zero attached hydrogens (tertiary/aromatic N) is 4. The lowest BCUT2D eigenvalue weighted by molar-refractivity contribution is 0.0104. The van der Waals surface area contributed by atoms with E-state index < -0.39 is 16.4 Å². The molecule has 0 bridgehead atoms. The molecule has 1 amide bonds. The van der Waals surface area contributed by atoms with E-state index in [0.29, 0.717) is 48.9 Å². The number of amides is 1. The number of halogens is 1. The third kappa shape index (κ3) is 4.95. The van der Waals surface area contributed by atoms with Gasteiger partial charge in [-0.1, -0.05) is 29.8 Å². The maximum Gasteiger partial charge on any atom is 0.410 e. The van der Waals surface area contributed by atoms with Crippen LogP contribution in [0.1, 0.15) is 38.4 Å². The summed E-state index contributed by atoms with van der Waals surface area (Å²) in [4.78, 5) is 26.7. The maximum absolute atomic E-state index is 12.8.